The number of benzene rings is 1. The molecule has 3 N–H and O–H groups in total. The van der Waals surface area contributed by atoms with Gasteiger partial charge in [-0.05, 0) is 24.5 Å². The predicted octanol–water partition coefficient (Wildman–Crippen LogP) is 1.60. The van der Waals surface area contributed by atoms with Gasteiger partial charge in [0.05, 0.1) is 13.1 Å². The standard InChI is InChI=1S/C19H28N4O2/c1-20-19(22-13-18(24)23-15-8-3-2-4-9-15)21-12-16-11-14-7-5-6-10-17(14)25-16/h5-7,10,15-16H,2-4,8-9,11-13H2,1H3,(H,23,24)(H2,20,21,22). The normalized spacial score (nSPS) is 20.5. The van der Waals surface area contributed by atoms with Crippen molar-refractivity contribution in [3.63, 3.8) is 0 Å². The van der Waals surface area contributed by atoms with Crippen LogP contribution in [-0.2, 0) is 11.2 Å². The fourth-order valence-electron chi connectivity index (χ4n) is 3.49. The van der Waals surface area contributed by atoms with Gasteiger partial charge in [-0.3, -0.25) is 9.79 Å². The Balaban J connectivity index is 1.36. The molecule has 1 aliphatic carbocycles. The van der Waals surface area contributed by atoms with Gasteiger partial charge >= 0.3 is 0 Å². The number of nitrogens with one attached hydrogen (secondary N) is 3. The van der Waals surface area contributed by atoms with Crippen molar-refractivity contribution in [1.82, 2.24) is 16.0 Å². The quantitative estimate of drug-likeness (QED) is 0.560. The maximum atomic E-state index is 12.1. The van der Waals surface area contributed by atoms with Crippen LogP contribution in [0.3, 0.4) is 0 Å². The molecule has 6 heteroatoms. The van der Waals surface area contributed by atoms with E-state index in [1.54, 1.807) is 7.05 Å². The number of hydrogen-bond donors (Lipinski definition) is 3. The number of guanidine groups is 1. The van der Waals surface area contributed by atoms with Crippen LogP contribution in [0, 0.1) is 0 Å². The first-order valence-electron chi connectivity index (χ1n) is 9.23. The third-order valence-electron chi connectivity index (χ3n) is 4.82. The Labute approximate surface area is 149 Å². The van der Waals surface area contributed by atoms with Crippen molar-refractivity contribution < 1.29 is 9.53 Å². The van der Waals surface area contributed by atoms with Crippen molar-refractivity contribution in [2.24, 2.45) is 4.99 Å². The van der Waals surface area contributed by atoms with E-state index in [1.807, 2.05) is 18.2 Å². The fourth-order valence-corrected chi connectivity index (χ4v) is 3.49. The molecule has 1 amide bonds. The Morgan fingerprint density at radius 3 is 2.76 bits per heavy atom. The number of amides is 1. The number of nitrogens with zero attached hydrogens (tertiary/aromatic N) is 1. The average Bonchev–Trinajstić information content (AvgIpc) is 3.05. The molecule has 0 spiro atoms. The third-order valence-corrected chi connectivity index (χ3v) is 4.82. The second kappa shape index (κ2) is 8.74. The zero-order valence-corrected chi connectivity index (χ0v) is 14.9. The smallest absolute Gasteiger partial charge is 0.239 e. The molecule has 0 radical (unpaired) electrons. The lowest BCUT2D eigenvalue weighted by Crippen LogP contribution is -2.47. The third kappa shape index (κ3) is 5.11. The monoisotopic (exact) mass is 344 g/mol. The number of aliphatic imine (C=N–C) groups is 1. The highest BCUT2D eigenvalue weighted by molar-refractivity contribution is 5.86. The summed E-state index contributed by atoms with van der Waals surface area (Å²) in [6.45, 7) is 0.889. The zero-order valence-electron chi connectivity index (χ0n) is 14.9. The summed E-state index contributed by atoms with van der Waals surface area (Å²) in [5, 5.41) is 9.41. The molecule has 3 rings (SSSR count). The summed E-state index contributed by atoms with van der Waals surface area (Å²) in [4.78, 5) is 16.2. The Hall–Kier alpha value is -2.24. The Kier molecular flexibility index (Phi) is 6.14. The summed E-state index contributed by atoms with van der Waals surface area (Å²) in [5.74, 6) is 1.61. The Morgan fingerprint density at radius 2 is 2.00 bits per heavy atom. The van der Waals surface area contributed by atoms with Crippen molar-refractivity contribution in [3.05, 3.63) is 29.8 Å². The molecule has 1 aromatic carbocycles. The van der Waals surface area contributed by atoms with Gasteiger partial charge in [-0.2, -0.15) is 0 Å². The molecule has 1 heterocycles. The molecule has 0 bridgehead atoms. The number of carbonyl (C=O) groups is 1. The van der Waals surface area contributed by atoms with Gasteiger partial charge in [-0.1, -0.05) is 37.5 Å². The largest absolute Gasteiger partial charge is 0.488 e. The Morgan fingerprint density at radius 1 is 1.20 bits per heavy atom. The first kappa shape index (κ1) is 17.6. The summed E-state index contributed by atoms with van der Waals surface area (Å²) >= 11 is 0. The molecule has 1 atom stereocenters. The molecular formula is C19H28N4O2. The average molecular weight is 344 g/mol. The molecule has 1 unspecified atom stereocenters. The van der Waals surface area contributed by atoms with Gasteiger partial charge < -0.3 is 20.7 Å². The number of rotatable bonds is 5. The molecular weight excluding hydrogens is 316 g/mol. The maximum absolute atomic E-state index is 12.1. The van der Waals surface area contributed by atoms with Crippen molar-refractivity contribution >= 4 is 11.9 Å². The van der Waals surface area contributed by atoms with Crippen molar-refractivity contribution in [1.29, 1.82) is 0 Å². The van der Waals surface area contributed by atoms with Crippen LogP contribution in [0.1, 0.15) is 37.7 Å². The van der Waals surface area contributed by atoms with Crippen LogP contribution < -0.4 is 20.7 Å². The summed E-state index contributed by atoms with van der Waals surface area (Å²) in [6, 6.07) is 8.45. The highest BCUT2D eigenvalue weighted by Gasteiger charge is 2.22. The summed E-state index contributed by atoms with van der Waals surface area (Å²) in [6.07, 6.45) is 6.89. The van der Waals surface area contributed by atoms with Gasteiger partial charge in [0.2, 0.25) is 5.91 Å². The number of hydrogen-bond acceptors (Lipinski definition) is 3. The lowest BCUT2D eigenvalue weighted by Gasteiger charge is -2.23. The molecule has 0 aromatic heterocycles. The Bertz CT molecular complexity index is 586. The minimum absolute atomic E-state index is 0.0272. The molecule has 25 heavy (non-hydrogen) atoms. The van der Waals surface area contributed by atoms with Crippen LogP contribution in [0.5, 0.6) is 5.75 Å². The molecule has 1 saturated carbocycles. The first-order valence-corrected chi connectivity index (χ1v) is 9.23. The van der Waals surface area contributed by atoms with Crippen molar-refractivity contribution in [2.75, 3.05) is 20.1 Å². The first-order chi connectivity index (χ1) is 12.2. The predicted molar refractivity (Wildman–Crippen MR) is 98.9 cm³/mol. The van der Waals surface area contributed by atoms with Crippen LogP contribution in [0.25, 0.3) is 0 Å². The molecule has 2 aliphatic rings. The fraction of sp³-hybridized carbons (Fsp3) is 0.579. The van der Waals surface area contributed by atoms with E-state index in [2.05, 4.69) is 27.0 Å². The SMILES string of the molecule is CN=C(NCC(=O)NC1CCCCC1)NCC1Cc2ccccc2O1. The second-order valence-corrected chi connectivity index (χ2v) is 6.76. The van der Waals surface area contributed by atoms with Crippen LogP contribution in [-0.4, -0.2) is 44.1 Å². The molecule has 1 aliphatic heterocycles. The summed E-state index contributed by atoms with van der Waals surface area (Å²) in [5.41, 5.74) is 1.24. The van der Waals surface area contributed by atoms with Gasteiger partial charge in [0, 0.05) is 19.5 Å². The number of fused-ring (bicyclic) bond motifs is 1. The highest BCUT2D eigenvalue weighted by atomic mass is 16.5. The van der Waals surface area contributed by atoms with E-state index in [0.717, 1.165) is 25.0 Å². The topological polar surface area (TPSA) is 74.8 Å². The zero-order chi connectivity index (χ0) is 17.5. The van der Waals surface area contributed by atoms with E-state index in [9.17, 15) is 4.79 Å². The van der Waals surface area contributed by atoms with Gasteiger partial charge in [-0.25, -0.2) is 0 Å². The van der Waals surface area contributed by atoms with Crippen LogP contribution >= 0.6 is 0 Å². The van der Waals surface area contributed by atoms with E-state index in [-0.39, 0.29) is 18.6 Å². The molecule has 136 valence electrons. The van der Waals surface area contributed by atoms with Crippen molar-refractivity contribution in [2.45, 2.75) is 50.7 Å². The van der Waals surface area contributed by atoms with Crippen LogP contribution in [0.2, 0.25) is 0 Å². The summed E-state index contributed by atoms with van der Waals surface area (Å²) in [7, 11) is 1.71. The van der Waals surface area contributed by atoms with E-state index < -0.39 is 0 Å². The van der Waals surface area contributed by atoms with E-state index in [4.69, 9.17) is 4.74 Å². The van der Waals surface area contributed by atoms with E-state index in [0.29, 0.717) is 18.5 Å². The molecule has 1 fully saturated rings. The van der Waals surface area contributed by atoms with Gasteiger partial charge in [0.25, 0.3) is 0 Å². The van der Waals surface area contributed by atoms with Crippen LogP contribution in [0.4, 0.5) is 0 Å². The lowest BCUT2D eigenvalue weighted by molar-refractivity contribution is -0.120. The molecule has 1 aromatic rings. The van der Waals surface area contributed by atoms with Crippen LogP contribution in [0.15, 0.2) is 29.3 Å². The summed E-state index contributed by atoms with van der Waals surface area (Å²) < 4.78 is 5.90. The lowest BCUT2D eigenvalue weighted by atomic mass is 9.95. The van der Waals surface area contributed by atoms with Gasteiger partial charge in [-0.15, -0.1) is 0 Å². The maximum Gasteiger partial charge on any atom is 0.239 e. The second-order valence-electron chi connectivity index (χ2n) is 6.76. The molecule has 0 saturated heterocycles. The number of ether oxygens (including phenoxy) is 1. The van der Waals surface area contributed by atoms with Crippen molar-refractivity contribution in [3.8, 4) is 5.75 Å². The minimum Gasteiger partial charge on any atom is -0.488 e. The number of carbonyl (C=O) groups excluding carboxylic acids is 1. The van der Waals surface area contributed by atoms with Gasteiger partial charge in [0.1, 0.15) is 11.9 Å². The van der Waals surface area contributed by atoms with E-state index in [1.165, 1.54) is 24.8 Å². The highest BCUT2D eigenvalue weighted by Crippen LogP contribution is 2.27. The minimum atomic E-state index is 0.0272. The van der Waals surface area contributed by atoms with E-state index >= 15 is 0 Å². The number of para-hydroxylation sites is 1. The van der Waals surface area contributed by atoms with Gasteiger partial charge in [0.15, 0.2) is 5.96 Å². The molecule has 6 nitrogen and oxygen atoms in total.